The van der Waals surface area contributed by atoms with Crippen LogP contribution < -0.4 is 0 Å². The van der Waals surface area contributed by atoms with Crippen LogP contribution in [0, 0.1) is 0 Å². The molecule has 23 heavy (non-hydrogen) atoms. The lowest BCUT2D eigenvalue weighted by Gasteiger charge is -2.38. The Bertz CT molecular complexity index is 430. The van der Waals surface area contributed by atoms with Crippen LogP contribution in [0.25, 0.3) is 0 Å². The molecule has 0 radical (unpaired) electrons. The molecule has 0 N–H and O–H groups in total. The zero-order valence-corrected chi connectivity index (χ0v) is 21.4. The fourth-order valence-corrected chi connectivity index (χ4v) is 5.78. The molecule has 0 aliphatic heterocycles. The van der Waals surface area contributed by atoms with Crippen molar-refractivity contribution in [2.75, 3.05) is 0 Å². The largest absolute Gasteiger partial charge is 0.131 e. The van der Waals surface area contributed by atoms with Crippen molar-refractivity contribution in [1.29, 1.82) is 0 Å². The maximum atomic E-state index is 3.89. The van der Waals surface area contributed by atoms with E-state index in [1.165, 1.54) is 50.5 Å². The smallest absolute Gasteiger partial charge is 0.0865 e. The molecule has 0 saturated heterocycles. The first kappa shape index (κ1) is 22.7. The van der Waals surface area contributed by atoms with E-state index in [0.717, 1.165) is 6.42 Å². The minimum absolute atomic E-state index is 0.296. The average molecular weight is 641 g/mol. The summed E-state index contributed by atoms with van der Waals surface area (Å²) in [6, 6.07) is 10.4. The lowest BCUT2D eigenvalue weighted by atomic mass is 10.0. The van der Waals surface area contributed by atoms with E-state index in [-0.39, 0.29) is 6.47 Å². The van der Waals surface area contributed by atoms with Crippen LogP contribution in [-0.2, 0) is 3.23 Å². The van der Waals surface area contributed by atoms with Gasteiger partial charge in [-0.25, -0.2) is 0 Å². The predicted octanol–water partition coefficient (Wildman–Crippen LogP) is 9.02. The van der Waals surface area contributed by atoms with Crippen molar-refractivity contribution in [3.05, 3.63) is 35.9 Å². The molecule has 1 aromatic rings. The van der Waals surface area contributed by atoms with Gasteiger partial charge >= 0.3 is 0 Å². The second-order valence-electron chi connectivity index (χ2n) is 5.94. The monoisotopic (exact) mass is 636 g/mol. The van der Waals surface area contributed by atoms with Crippen LogP contribution in [0.2, 0.25) is 0 Å². The zero-order chi connectivity index (χ0) is 17.3. The van der Waals surface area contributed by atoms with Gasteiger partial charge in [0, 0.05) is 4.83 Å². The van der Waals surface area contributed by atoms with Crippen LogP contribution in [0.15, 0.2) is 30.3 Å². The second kappa shape index (κ2) is 11.4. The molecule has 1 rings (SSSR count). The highest BCUT2D eigenvalue weighted by atomic mass is 79.9. The van der Waals surface area contributed by atoms with Gasteiger partial charge in [0.25, 0.3) is 0 Å². The fourth-order valence-electron chi connectivity index (χ4n) is 2.50. The fraction of sp³-hybridized carbons (Fsp3) is 0.667. The summed E-state index contributed by atoms with van der Waals surface area (Å²) < 4.78 is -0.708. The van der Waals surface area contributed by atoms with Crippen molar-refractivity contribution in [2.45, 2.75) is 69.6 Å². The van der Waals surface area contributed by atoms with Gasteiger partial charge in [0.05, 0.1) is 0 Å². The molecule has 0 bridgehead atoms. The van der Waals surface area contributed by atoms with Gasteiger partial charge in [-0.05, 0) is 12.0 Å². The number of halogens is 5. The van der Waals surface area contributed by atoms with Gasteiger partial charge in [-0.3, -0.25) is 0 Å². The Hall–Kier alpha value is 1.62. The van der Waals surface area contributed by atoms with E-state index >= 15 is 0 Å². The van der Waals surface area contributed by atoms with Crippen molar-refractivity contribution in [2.24, 2.45) is 0 Å². The van der Waals surface area contributed by atoms with Gasteiger partial charge in [0.1, 0.15) is 6.47 Å². The molecule has 0 aliphatic carbocycles. The summed E-state index contributed by atoms with van der Waals surface area (Å²) in [5.41, 5.74) is 1.18. The molecule has 132 valence electrons. The topological polar surface area (TPSA) is 0 Å². The molecule has 0 fully saturated rings. The van der Waals surface area contributed by atoms with Gasteiger partial charge in [-0.2, -0.15) is 0 Å². The van der Waals surface area contributed by atoms with Crippen LogP contribution >= 0.6 is 79.6 Å². The van der Waals surface area contributed by atoms with Gasteiger partial charge in [-0.15, -0.1) is 0 Å². The van der Waals surface area contributed by atoms with Crippen LogP contribution in [0.5, 0.6) is 0 Å². The molecule has 0 amide bonds. The standard InChI is InChI=1S/C18H25Br5/c1-2-3-4-5-6-7-11-14-16(19)18(22,23)17(20,21)15-12-9-8-10-13-15/h8-10,12-13,16H,2-7,11,14H2,1H3. The third-order valence-electron chi connectivity index (χ3n) is 4.01. The third kappa shape index (κ3) is 7.03. The lowest BCUT2D eigenvalue weighted by molar-refractivity contribution is 0.560. The first-order valence-electron chi connectivity index (χ1n) is 8.29. The van der Waals surface area contributed by atoms with E-state index in [9.17, 15) is 0 Å². The molecule has 0 spiro atoms. The molecular weight excluding hydrogens is 616 g/mol. The van der Waals surface area contributed by atoms with Gasteiger partial charge in [0.15, 0.2) is 0 Å². The number of unbranched alkanes of at least 4 members (excludes halogenated alkanes) is 6. The van der Waals surface area contributed by atoms with Crippen molar-refractivity contribution < 1.29 is 0 Å². The average Bonchev–Trinajstić information content (AvgIpc) is 2.54. The molecule has 0 aromatic heterocycles. The minimum Gasteiger partial charge on any atom is -0.0865 e. The van der Waals surface area contributed by atoms with E-state index in [1.54, 1.807) is 0 Å². The molecule has 1 atom stereocenters. The summed E-state index contributed by atoms with van der Waals surface area (Å²) in [4.78, 5) is 0.296. The van der Waals surface area contributed by atoms with Crippen molar-refractivity contribution in [3.8, 4) is 0 Å². The van der Waals surface area contributed by atoms with Crippen molar-refractivity contribution in [3.63, 3.8) is 0 Å². The maximum absolute atomic E-state index is 3.89. The summed E-state index contributed by atoms with van der Waals surface area (Å²) in [7, 11) is 0. The Balaban J connectivity index is 2.48. The highest BCUT2D eigenvalue weighted by Crippen LogP contribution is 2.59. The van der Waals surface area contributed by atoms with E-state index in [2.05, 4.69) is 111 Å². The van der Waals surface area contributed by atoms with Crippen molar-refractivity contribution >= 4 is 79.6 Å². The van der Waals surface area contributed by atoms with Crippen molar-refractivity contribution in [1.82, 2.24) is 0 Å². The summed E-state index contributed by atoms with van der Waals surface area (Å²) in [6.07, 6.45) is 10.5. The molecule has 0 aliphatic rings. The third-order valence-corrected chi connectivity index (χ3v) is 13.0. The molecule has 0 heterocycles. The molecule has 1 aromatic carbocycles. The van der Waals surface area contributed by atoms with Crippen LogP contribution in [-0.4, -0.2) is 8.06 Å². The normalized spacial score (nSPS) is 14.0. The zero-order valence-electron chi connectivity index (χ0n) is 13.5. The summed E-state index contributed by atoms with van der Waals surface area (Å²) in [5.74, 6) is 0. The summed E-state index contributed by atoms with van der Waals surface area (Å²) >= 11 is 19.4. The Morgan fingerprint density at radius 2 is 1.35 bits per heavy atom. The predicted molar refractivity (Wildman–Crippen MR) is 122 cm³/mol. The highest BCUT2D eigenvalue weighted by Gasteiger charge is 2.50. The first-order chi connectivity index (χ1) is 10.8. The number of rotatable bonds is 11. The Kier molecular flexibility index (Phi) is 11.2. The summed E-state index contributed by atoms with van der Waals surface area (Å²) in [5, 5.41) is 0. The van der Waals surface area contributed by atoms with Gasteiger partial charge < -0.3 is 0 Å². The highest BCUT2D eigenvalue weighted by molar-refractivity contribution is 9.30. The number of hydrogen-bond acceptors (Lipinski definition) is 0. The Labute approximate surface area is 183 Å². The van der Waals surface area contributed by atoms with Gasteiger partial charge in [-0.1, -0.05) is 162 Å². The second-order valence-corrected chi connectivity index (χ2v) is 14.1. The number of alkyl halides is 5. The molecule has 0 saturated carbocycles. The maximum Gasteiger partial charge on any atom is 0.131 e. The Morgan fingerprint density at radius 1 is 0.826 bits per heavy atom. The van der Waals surface area contributed by atoms with Crippen LogP contribution in [0.4, 0.5) is 0 Å². The van der Waals surface area contributed by atoms with E-state index in [1.807, 2.05) is 6.07 Å². The van der Waals surface area contributed by atoms with Gasteiger partial charge in [0.2, 0.25) is 0 Å². The van der Waals surface area contributed by atoms with E-state index < -0.39 is 0 Å². The van der Waals surface area contributed by atoms with Crippen LogP contribution in [0.1, 0.15) is 63.9 Å². The Morgan fingerprint density at radius 3 is 1.91 bits per heavy atom. The molecular formula is C18H25Br5. The van der Waals surface area contributed by atoms with Crippen LogP contribution in [0.3, 0.4) is 0 Å². The SMILES string of the molecule is CCCCCCCCCC(Br)C(Br)(Br)C(Br)(Br)c1ccccc1. The number of benzene rings is 1. The molecule has 0 nitrogen and oxygen atoms in total. The quantitative estimate of drug-likeness (QED) is 0.167. The number of hydrogen-bond donors (Lipinski definition) is 0. The van der Waals surface area contributed by atoms with E-state index in [0.29, 0.717) is 4.83 Å². The molecule has 5 heteroatoms. The molecule has 1 unspecified atom stereocenters. The van der Waals surface area contributed by atoms with E-state index in [4.69, 9.17) is 0 Å². The summed E-state index contributed by atoms with van der Waals surface area (Å²) in [6.45, 7) is 2.26. The first-order valence-corrected chi connectivity index (χ1v) is 12.4. The minimum atomic E-state index is -0.385. The lowest BCUT2D eigenvalue weighted by Crippen LogP contribution is -2.39.